The van der Waals surface area contributed by atoms with Crippen LogP contribution in [0, 0.1) is 0 Å². The molecule has 4 rings (SSSR count). The normalized spacial score (nSPS) is 16.9. The van der Waals surface area contributed by atoms with Gasteiger partial charge in [0.25, 0.3) is 0 Å². The molecule has 6 heteroatoms. The molecule has 0 saturated carbocycles. The lowest BCUT2D eigenvalue weighted by atomic mass is 9.98. The van der Waals surface area contributed by atoms with Gasteiger partial charge < -0.3 is 15.0 Å². The smallest absolute Gasteiger partial charge is 0.224 e. The summed E-state index contributed by atoms with van der Waals surface area (Å²) in [6.07, 6.45) is 1.70. The van der Waals surface area contributed by atoms with Crippen LogP contribution in [0.15, 0.2) is 42.5 Å². The van der Waals surface area contributed by atoms with E-state index in [1.165, 1.54) is 0 Å². The van der Waals surface area contributed by atoms with Crippen LogP contribution in [0.2, 0.25) is 0 Å². The topological polar surface area (TPSA) is 61.9 Å². The largest absolute Gasteiger partial charge is 0.495 e. The Bertz CT molecular complexity index is 904. The number of hydrogen-bond acceptors (Lipinski definition) is 5. The number of methoxy groups -OCH3 is 1. The van der Waals surface area contributed by atoms with E-state index < -0.39 is 0 Å². The minimum atomic E-state index is 0.0452. The van der Waals surface area contributed by atoms with E-state index in [4.69, 9.17) is 4.74 Å². The van der Waals surface area contributed by atoms with E-state index in [2.05, 4.69) is 21.2 Å². The molecule has 2 heterocycles. The van der Waals surface area contributed by atoms with Crippen LogP contribution in [0.1, 0.15) is 28.8 Å². The van der Waals surface area contributed by atoms with E-state index in [0.29, 0.717) is 19.3 Å². The highest BCUT2D eigenvalue weighted by Crippen LogP contribution is 2.28. The molecule has 152 valence electrons. The van der Waals surface area contributed by atoms with Gasteiger partial charge in [-0.05, 0) is 42.3 Å². The number of carbonyl (C=O) groups is 2. The first-order chi connectivity index (χ1) is 14.1. The summed E-state index contributed by atoms with van der Waals surface area (Å²) in [6, 6.07) is 13.7. The number of para-hydroxylation sites is 2. The van der Waals surface area contributed by atoms with Crippen LogP contribution < -0.4 is 15.0 Å². The molecule has 29 heavy (non-hydrogen) atoms. The third-order valence-corrected chi connectivity index (χ3v) is 5.78. The SMILES string of the molecule is COc1ccccc1N1CCN(CCC(=O)c2ccc3c(c2)CCC(=O)N3)CC1. The second-order valence-electron chi connectivity index (χ2n) is 7.59. The molecule has 1 amide bonds. The van der Waals surface area contributed by atoms with Crippen molar-refractivity contribution in [3.8, 4) is 5.75 Å². The summed E-state index contributed by atoms with van der Waals surface area (Å²) in [5.74, 6) is 1.11. The van der Waals surface area contributed by atoms with E-state index in [1.54, 1.807) is 7.11 Å². The van der Waals surface area contributed by atoms with Crippen LogP contribution in [-0.4, -0.2) is 56.4 Å². The standard InChI is InChI=1S/C23H27N3O3/c1-29-22-5-3-2-4-20(22)26-14-12-25(13-15-26)11-10-21(27)18-6-8-19-17(16-18)7-9-23(28)24-19/h2-6,8,16H,7,9-15H2,1H3,(H,24,28). The zero-order valence-corrected chi connectivity index (χ0v) is 16.8. The minimum Gasteiger partial charge on any atom is -0.495 e. The predicted octanol–water partition coefficient (Wildman–Crippen LogP) is 2.97. The average Bonchev–Trinajstić information content (AvgIpc) is 2.77. The number of aryl methyl sites for hydroxylation is 1. The van der Waals surface area contributed by atoms with Crippen LogP contribution in [0.4, 0.5) is 11.4 Å². The molecular formula is C23H27N3O3. The van der Waals surface area contributed by atoms with Crippen LogP contribution >= 0.6 is 0 Å². The van der Waals surface area contributed by atoms with Crippen molar-refractivity contribution in [2.45, 2.75) is 19.3 Å². The average molecular weight is 393 g/mol. The van der Waals surface area contributed by atoms with E-state index in [-0.39, 0.29) is 11.7 Å². The highest BCUT2D eigenvalue weighted by Gasteiger charge is 2.21. The van der Waals surface area contributed by atoms with Gasteiger partial charge in [0.05, 0.1) is 12.8 Å². The van der Waals surface area contributed by atoms with Crippen LogP contribution in [-0.2, 0) is 11.2 Å². The van der Waals surface area contributed by atoms with Gasteiger partial charge >= 0.3 is 0 Å². The van der Waals surface area contributed by atoms with Crippen molar-refractivity contribution < 1.29 is 14.3 Å². The summed E-state index contributed by atoms with van der Waals surface area (Å²) < 4.78 is 5.48. The Morgan fingerprint density at radius 2 is 1.86 bits per heavy atom. The molecule has 6 nitrogen and oxygen atoms in total. The summed E-state index contributed by atoms with van der Waals surface area (Å²) in [5.41, 5.74) is 3.77. The third kappa shape index (κ3) is 4.43. The Morgan fingerprint density at radius 1 is 1.07 bits per heavy atom. The number of amides is 1. The van der Waals surface area contributed by atoms with E-state index in [0.717, 1.165) is 61.0 Å². The number of carbonyl (C=O) groups excluding carboxylic acids is 2. The number of benzene rings is 2. The number of piperazine rings is 1. The van der Waals surface area contributed by atoms with Crippen molar-refractivity contribution >= 4 is 23.1 Å². The molecule has 0 unspecified atom stereocenters. The molecular weight excluding hydrogens is 366 g/mol. The molecule has 2 aliphatic heterocycles. The first-order valence-corrected chi connectivity index (χ1v) is 10.2. The minimum absolute atomic E-state index is 0.0452. The molecule has 2 aromatic carbocycles. The van der Waals surface area contributed by atoms with Gasteiger partial charge in [-0.15, -0.1) is 0 Å². The maximum Gasteiger partial charge on any atom is 0.224 e. The summed E-state index contributed by atoms with van der Waals surface area (Å²) in [5, 5.41) is 2.86. The van der Waals surface area contributed by atoms with Crippen molar-refractivity contribution in [3.63, 3.8) is 0 Å². The summed E-state index contributed by atoms with van der Waals surface area (Å²) >= 11 is 0. The Kier molecular flexibility index (Phi) is 5.81. The third-order valence-electron chi connectivity index (χ3n) is 5.78. The number of ether oxygens (including phenoxy) is 1. The Balaban J connectivity index is 1.29. The molecule has 2 aliphatic rings. The highest BCUT2D eigenvalue weighted by molar-refractivity contribution is 5.99. The van der Waals surface area contributed by atoms with Gasteiger partial charge in [-0.25, -0.2) is 0 Å². The Morgan fingerprint density at radius 3 is 2.66 bits per heavy atom. The molecule has 1 N–H and O–H groups in total. The number of rotatable bonds is 6. The molecule has 2 aromatic rings. The lowest BCUT2D eigenvalue weighted by molar-refractivity contribution is -0.116. The van der Waals surface area contributed by atoms with Crippen LogP contribution in [0.25, 0.3) is 0 Å². The fourth-order valence-corrected chi connectivity index (χ4v) is 4.06. The second-order valence-corrected chi connectivity index (χ2v) is 7.59. The number of nitrogens with one attached hydrogen (secondary N) is 1. The van der Waals surface area contributed by atoms with Crippen LogP contribution in [0.3, 0.4) is 0 Å². The molecule has 0 aromatic heterocycles. The van der Waals surface area contributed by atoms with Crippen molar-refractivity contribution in [2.75, 3.05) is 50.1 Å². The van der Waals surface area contributed by atoms with E-state index >= 15 is 0 Å². The number of Topliss-reactive ketones (excluding diaryl/α,β-unsaturated/α-hetero) is 1. The number of fused-ring (bicyclic) bond motifs is 1. The maximum atomic E-state index is 12.7. The van der Waals surface area contributed by atoms with Crippen molar-refractivity contribution in [1.82, 2.24) is 4.90 Å². The molecule has 0 atom stereocenters. The fraction of sp³-hybridized carbons (Fsp3) is 0.391. The maximum absolute atomic E-state index is 12.7. The van der Waals surface area contributed by atoms with Crippen molar-refractivity contribution in [2.24, 2.45) is 0 Å². The molecule has 0 spiro atoms. The van der Waals surface area contributed by atoms with Gasteiger partial charge in [0.2, 0.25) is 5.91 Å². The molecule has 0 bridgehead atoms. The fourth-order valence-electron chi connectivity index (χ4n) is 4.06. The summed E-state index contributed by atoms with van der Waals surface area (Å²) in [6.45, 7) is 4.48. The molecule has 1 saturated heterocycles. The summed E-state index contributed by atoms with van der Waals surface area (Å²) in [4.78, 5) is 28.8. The number of ketones is 1. The van der Waals surface area contributed by atoms with Gasteiger partial charge in [-0.1, -0.05) is 12.1 Å². The van der Waals surface area contributed by atoms with Gasteiger partial charge in [-0.2, -0.15) is 0 Å². The predicted molar refractivity (Wildman–Crippen MR) is 114 cm³/mol. The van der Waals surface area contributed by atoms with Crippen LogP contribution in [0.5, 0.6) is 5.75 Å². The van der Waals surface area contributed by atoms with Gasteiger partial charge in [0, 0.05) is 56.8 Å². The van der Waals surface area contributed by atoms with E-state index in [9.17, 15) is 9.59 Å². The number of hydrogen-bond donors (Lipinski definition) is 1. The Hall–Kier alpha value is -2.86. The molecule has 0 aliphatic carbocycles. The van der Waals surface area contributed by atoms with Gasteiger partial charge in [-0.3, -0.25) is 14.5 Å². The number of anilines is 2. The van der Waals surface area contributed by atoms with Gasteiger partial charge in [0.15, 0.2) is 5.78 Å². The Labute approximate surface area is 171 Å². The monoisotopic (exact) mass is 393 g/mol. The first-order valence-electron chi connectivity index (χ1n) is 10.2. The van der Waals surface area contributed by atoms with E-state index in [1.807, 2.05) is 36.4 Å². The quantitative estimate of drug-likeness (QED) is 0.765. The van der Waals surface area contributed by atoms with Gasteiger partial charge in [0.1, 0.15) is 5.75 Å². The van der Waals surface area contributed by atoms with Crippen molar-refractivity contribution in [1.29, 1.82) is 0 Å². The second kappa shape index (κ2) is 8.66. The molecule has 0 radical (unpaired) electrons. The lowest BCUT2D eigenvalue weighted by Gasteiger charge is -2.36. The summed E-state index contributed by atoms with van der Waals surface area (Å²) in [7, 11) is 1.70. The lowest BCUT2D eigenvalue weighted by Crippen LogP contribution is -2.47. The zero-order chi connectivity index (χ0) is 20.2. The zero-order valence-electron chi connectivity index (χ0n) is 16.8. The highest BCUT2D eigenvalue weighted by atomic mass is 16.5. The molecule has 1 fully saturated rings. The number of nitrogens with zero attached hydrogens (tertiary/aromatic N) is 2. The van der Waals surface area contributed by atoms with Crippen molar-refractivity contribution in [3.05, 3.63) is 53.6 Å². The first kappa shape index (κ1) is 19.5.